The zero-order chi connectivity index (χ0) is 13.3. The van der Waals surface area contributed by atoms with Gasteiger partial charge in [-0.3, -0.25) is 0 Å². The molecule has 4 nitrogen and oxygen atoms in total. The Balaban J connectivity index is 2.44. The normalized spacial score (nSPS) is 10.9. The van der Waals surface area contributed by atoms with E-state index in [9.17, 15) is 4.79 Å². The molecule has 2 aromatic rings. The van der Waals surface area contributed by atoms with Crippen LogP contribution in [0.1, 0.15) is 35.8 Å². The molecule has 1 N–H and O–H groups in total. The fourth-order valence-corrected chi connectivity index (χ4v) is 1.81. The predicted molar refractivity (Wildman–Crippen MR) is 69.6 cm³/mol. The average Bonchev–Trinajstić information content (AvgIpc) is 2.78. The third kappa shape index (κ3) is 2.38. The van der Waals surface area contributed by atoms with Crippen LogP contribution in [0.5, 0.6) is 0 Å². The highest BCUT2D eigenvalue weighted by molar-refractivity contribution is 6.33. The second-order valence-electron chi connectivity index (χ2n) is 4.33. The van der Waals surface area contributed by atoms with Crippen LogP contribution in [0, 0.1) is 0 Å². The number of imidazole rings is 1. The van der Waals surface area contributed by atoms with Crippen LogP contribution >= 0.6 is 11.6 Å². The van der Waals surface area contributed by atoms with Crippen molar-refractivity contribution < 1.29 is 9.90 Å². The lowest BCUT2D eigenvalue weighted by Crippen LogP contribution is -2.00. The summed E-state index contributed by atoms with van der Waals surface area (Å²) in [7, 11) is 0. The SMILES string of the molecule is CC(C)c1cn(-c2ccc(Cl)c(C(=O)O)c2)cn1. The molecule has 1 aromatic heterocycles. The highest BCUT2D eigenvalue weighted by Crippen LogP contribution is 2.21. The van der Waals surface area contributed by atoms with Gasteiger partial charge in [-0.15, -0.1) is 0 Å². The van der Waals surface area contributed by atoms with E-state index in [-0.39, 0.29) is 10.6 Å². The van der Waals surface area contributed by atoms with E-state index in [4.69, 9.17) is 16.7 Å². The summed E-state index contributed by atoms with van der Waals surface area (Å²) >= 11 is 5.83. The molecule has 18 heavy (non-hydrogen) atoms. The molecule has 0 atom stereocenters. The molecule has 0 fully saturated rings. The Hall–Kier alpha value is -1.81. The van der Waals surface area contributed by atoms with E-state index in [0.29, 0.717) is 5.92 Å². The highest BCUT2D eigenvalue weighted by Gasteiger charge is 2.11. The second kappa shape index (κ2) is 4.82. The summed E-state index contributed by atoms with van der Waals surface area (Å²) in [5.41, 5.74) is 1.78. The zero-order valence-electron chi connectivity index (χ0n) is 10.1. The van der Waals surface area contributed by atoms with E-state index >= 15 is 0 Å². The minimum absolute atomic E-state index is 0.0916. The smallest absolute Gasteiger partial charge is 0.337 e. The second-order valence-corrected chi connectivity index (χ2v) is 4.74. The first-order chi connectivity index (χ1) is 8.49. The van der Waals surface area contributed by atoms with Crippen LogP contribution in [-0.2, 0) is 0 Å². The fraction of sp³-hybridized carbons (Fsp3) is 0.231. The molecule has 0 bridgehead atoms. The monoisotopic (exact) mass is 264 g/mol. The van der Waals surface area contributed by atoms with Crippen molar-refractivity contribution in [2.45, 2.75) is 19.8 Å². The van der Waals surface area contributed by atoms with Crippen molar-refractivity contribution in [3.05, 3.63) is 47.0 Å². The Bertz CT molecular complexity index is 590. The maximum atomic E-state index is 11.0. The van der Waals surface area contributed by atoms with Crippen molar-refractivity contribution >= 4 is 17.6 Å². The predicted octanol–water partition coefficient (Wildman–Crippen LogP) is 3.35. The summed E-state index contributed by atoms with van der Waals surface area (Å²) in [5.74, 6) is -0.705. The number of hydrogen-bond acceptors (Lipinski definition) is 2. The lowest BCUT2D eigenvalue weighted by molar-refractivity contribution is 0.0697. The van der Waals surface area contributed by atoms with Crippen LogP contribution in [0.2, 0.25) is 5.02 Å². The van der Waals surface area contributed by atoms with Crippen molar-refractivity contribution in [2.75, 3.05) is 0 Å². The minimum Gasteiger partial charge on any atom is -0.478 e. The first-order valence-electron chi connectivity index (χ1n) is 5.56. The molecular formula is C13H13ClN2O2. The van der Waals surface area contributed by atoms with Gasteiger partial charge >= 0.3 is 5.97 Å². The topological polar surface area (TPSA) is 55.1 Å². The number of hydrogen-bond donors (Lipinski definition) is 1. The first kappa shape index (κ1) is 12.6. The summed E-state index contributed by atoms with van der Waals surface area (Å²) in [4.78, 5) is 15.3. The zero-order valence-corrected chi connectivity index (χ0v) is 10.8. The molecule has 0 saturated heterocycles. The van der Waals surface area contributed by atoms with Crippen molar-refractivity contribution in [1.29, 1.82) is 0 Å². The van der Waals surface area contributed by atoms with Gasteiger partial charge in [-0.2, -0.15) is 0 Å². The van der Waals surface area contributed by atoms with Gasteiger partial charge < -0.3 is 9.67 Å². The molecule has 0 aliphatic heterocycles. The average molecular weight is 265 g/mol. The standard InChI is InChI=1S/C13H13ClN2O2/c1-8(2)12-6-16(7-15-12)9-3-4-11(14)10(5-9)13(17)18/h3-8H,1-2H3,(H,17,18). The number of carboxylic acid groups (broad SMARTS) is 1. The summed E-state index contributed by atoms with van der Waals surface area (Å²) in [6.45, 7) is 4.11. The first-order valence-corrected chi connectivity index (χ1v) is 5.94. The number of carbonyl (C=O) groups is 1. The fourth-order valence-electron chi connectivity index (χ4n) is 1.62. The maximum absolute atomic E-state index is 11.0. The van der Waals surface area contributed by atoms with Crippen LogP contribution in [0.3, 0.4) is 0 Å². The van der Waals surface area contributed by atoms with Gasteiger partial charge in [0.25, 0.3) is 0 Å². The molecule has 1 aromatic carbocycles. The number of carboxylic acids is 1. The Labute approximate surface area is 110 Å². The third-order valence-corrected chi connectivity index (χ3v) is 3.00. The Morgan fingerprint density at radius 1 is 1.44 bits per heavy atom. The molecule has 1 heterocycles. The van der Waals surface area contributed by atoms with Gasteiger partial charge in [-0.1, -0.05) is 25.4 Å². The van der Waals surface area contributed by atoms with Gasteiger partial charge in [0.1, 0.15) is 0 Å². The summed E-state index contributed by atoms with van der Waals surface area (Å²) in [6, 6.07) is 4.88. The van der Waals surface area contributed by atoms with E-state index in [0.717, 1.165) is 11.4 Å². The lowest BCUT2D eigenvalue weighted by atomic mass is 10.1. The van der Waals surface area contributed by atoms with Gasteiger partial charge in [0.15, 0.2) is 0 Å². The minimum atomic E-state index is -1.04. The van der Waals surface area contributed by atoms with E-state index < -0.39 is 5.97 Å². The van der Waals surface area contributed by atoms with Crippen molar-refractivity contribution in [3.8, 4) is 5.69 Å². The molecule has 0 spiro atoms. The molecule has 5 heteroatoms. The molecule has 2 rings (SSSR count). The molecule has 0 radical (unpaired) electrons. The van der Waals surface area contributed by atoms with Crippen molar-refractivity contribution in [3.63, 3.8) is 0 Å². The third-order valence-electron chi connectivity index (χ3n) is 2.67. The largest absolute Gasteiger partial charge is 0.478 e. The molecule has 0 amide bonds. The van der Waals surface area contributed by atoms with Crippen LogP contribution in [0.25, 0.3) is 5.69 Å². The number of benzene rings is 1. The van der Waals surface area contributed by atoms with Crippen LogP contribution in [-0.4, -0.2) is 20.6 Å². The Morgan fingerprint density at radius 2 is 2.17 bits per heavy atom. The summed E-state index contributed by atoms with van der Waals surface area (Å²) in [5, 5.41) is 9.25. The van der Waals surface area contributed by atoms with E-state index in [1.807, 2.05) is 6.20 Å². The molecule has 0 aliphatic carbocycles. The van der Waals surface area contributed by atoms with Gasteiger partial charge in [0.05, 0.1) is 22.6 Å². The van der Waals surface area contributed by atoms with Crippen LogP contribution in [0.4, 0.5) is 0 Å². The number of rotatable bonds is 3. The van der Waals surface area contributed by atoms with Gasteiger partial charge in [0.2, 0.25) is 0 Å². The quantitative estimate of drug-likeness (QED) is 0.925. The molecule has 0 aliphatic rings. The maximum Gasteiger partial charge on any atom is 0.337 e. The summed E-state index contributed by atoms with van der Waals surface area (Å²) in [6.07, 6.45) is 3.56. The Kier molecular flexibility index (Phi) is 3.39. The lowest BCUT2D eigenvalue weighted by Gasteiger charge is -2.05. The molecule has 0 unspecified atom stereocenters. The number of halogens is 1. The number of nitrogens with zero attached hydrogens (tertiary/aromatic N) is 2. The number of aromatic nitrogens is 2. The van der Waals surface area contributed by atoms with Crippen molar-refractivity contribution in [1.82, 2.24) is 9.55 Å². The van der Waals surface area contributed by atoms with Gasteiger partial charge in [-0.05, 0) is 24.1 Å². The Morgan fingerprint density at radius 3 is 2.72 bits per heavy atom. The van der Waals surface area contributed by atoms with Gasteiger partial charge in [-0.25, -0.2) is 9.78 Å². The van der Waals surface area contributed by atoms with E-state index in [1.54, 1.807) is 23.0 Å². The van der Waals surface area contributed by atoms with E-state index in [2.05, 4.69) is 18.8 Å². The number of aromatic carboxylic acids is 1. The van der Waals surface area contributed by atoms with Crippen LogP contribution < -0.4 is 0 Å². The van der Waals surface area contributed by atoms with E-state index in [1.165, 1.54) is 6.07 Å². The highest BCUT2D eigenvalue weighted by atomic mass is 35.5. The molecule has 94 valence electrons. The molecule has 0 saturated carbocycles. The van der Waals surface area contributed by atoms with Gasteiger partial charge in [0, 0.05) is 11.9 Å². The van der Waals surface area contributed by atoms with Crippen molar-refractivity contribution in [2.24, 2.45) is 0 Å². The molecular weight excluding hydrogens is 252 g/mol. The summed E-state index contributed by atoms with van der Waals surface area (Å²) < 4.78 is 1.79. The van der Waals surface area contributed by atoms with Crippen LogP contribution in [0.15, 0.2) is 30.7 Å².